The molecule has 1 heterocycles. The SMILES string of the molecule is NS(=O)(=O)c1c([N+](=O)[O-])cnc(Br)c1C(F)F. The van der Waals surface area contributed by atoms with E-state index in [0.717, 1.165) is 0 Å². The van der Waals surface area contributed by atoms with Crippen molar-refractivity contribution in [2.24, 2.45) is 5.14 Å². The van der Waals surface area contributed by atoms with Gasteiger partial charge in [0.15, 0.2) is 4.90 Å². The van der Waals surface area contributed by atoms with Crippen molar-refractivity contribution in [3.05, 3.63) is 26.5 Å². The highest BCUT2D eigenvalue weighted by Gasteiger charge is 2.33. The number of primary sulfonamides is 1. The van der Waals surface area contributed by atoms with Crippen LogP contribution < -0.4 is 5.14 Å². The van der Waals surface area contributed by atoms with E-state index in [9.17, 15) is 27.3 Å². The van der Waals surface area contributed by atoms with Crippen molar-refractivity contribution in [3.8, 4) is 0 Å². The molecular formula is C6H4BrF2N3O4S. The molecule has 0 aliphatic rings. The molecule has 17 heavy (non-hydrogen) atoms. The maximum Gasteiger partial charge on any atom is 0.308 e. The summed E-state index contributed by atoms with van der Waals surface area (Å²) in [6, 6.07) is 0. The number of halogens is 3. The van der Waals surface area contributed by atoms with E-state index in [4.69, 9.17) is 0 Å². The van der Waals surface area contributed by atoms with Gasteiger partial charge in [-0.05, 0) is 15.9 Å². The number of rotatable bonds is 3. The summed E-state index contributed by atoms with van der Waals surface area (Å²) in [4.78, 5) is 11.4. The highest BCUT2D eigenvalue weighted by atomic mass is 79.9. The number of hydrogen-bond acceptors (Lipinski definition) is 5. The summed E-state index contributed by atoms with van der Waals surface area (Å²) in [5, 5.41) is 15.2. The van der Waals surface area contributed by atoms with Gasteiger partial charge in [0.25, 0.3) is 6.43 Å². The van der Waals surface area contributed by atoms with Gasteiger partial charge in [0.1, 0.15) is 10.8 Å². The van der Waals surface area contributed by atoms with Gasteiger partial charge < -0.3 is 0 Å². The fraction of sp³-hybridized carbons (Fsp3) is 0.167. The average Bonchev–Trinajstić information content (AvgIpc) is 2.14. The monoisotopic (exact) mass is 331 g/mol. The predicted octanol–water partition coefficient (Wildman–Crippen LogP) is 1.34. The molecule has 2 N–H and O–H groups in total. The standard InChI is InChI=1S/C6H4BrF2N3O4S/c7-5-3(6(8)9)4(17(10,15)16)2(1-11-5)12(13)14/h1,6H,(H2,10,15,16). The van der Waals surface area contributed by atoms with Crippen LogP contribution in [0.1, 0.15) is 12.0 Å². The highest BCUT2D eigenvalue weighted by molar-refractivity contribution is 9.10. The van der Waals surface area contributed by atoms with Crippen molar-refractivity contribution in [1.29, 1.82) is 0 Å². The number of hydrogen-bond donors (Lipinski definition) is 1. The molecule has 0 bridgehead atoms. The minimum Gasteiger partial charge on any atom is -0.258 e. The van der Waals surface area contributed by atoms with E-state index >= 15 is 0 Å². The molecule has 0 aliphatic heterocycles. The largest absolute Gasteiger partial charge is 0.308 e. The minimum absolute atomic E-state index is 0.512. The normalized spacial score (nSPS) is 11.8. The third-order valence-corrected chi connectivity index (χ3v) is 3.33. The van der Waals surface area contributed by atoms with Gasteiger partial charge in [-0.2, -0.15) is 0 Å². The van der Waals surface area contributed by atoms with Gasteiger partial charge in [0.05, 0.1) is 10.5 Å². The first-order valence-electron chi connectivity index (χ1n) is 3.80. The zero-order valence-electron chi connectivity index (χ0n) is 7.80. The van der Waals surface area contributed by atoms with Crippen LogP contribution in [0.3, 0.4) is 0 Å². The summed E-state index contributed by atoms with van der Waals surface area (Å²) in [6.45, 7) is 0. The number of sulfonamides is 1. The van der Waals surface area contributed by atoms with Gasteiger partial charge in [-0.25, -0.2) is 27.3 Å². The van der Waals surface area contributed by atoms with Crippen molar-refractivity contribution in [1.82, 2.24) is 4.98 Å². The van der Waals surface area contributed by atoms with Crippen LogP contribution in [-0.2, 0) is 10.0 Å². The molecule has 0 unspecified atom stereocenters. The molecule has 0 aliphatic carbocycles. The second-order valence-corrected chi connectivity index (χ2v) is 5.03. The predicted molar refractivity (Wildman–Crippen MR) is 54.9 cm³/mol. The van der Waals surface area contributed by atoms with Crippen LogP contribution in [0.15, 0.2) is 15.7 Å². The lowest BCUT2D eigenvalue weighted by molar-refractivity contribution is -0.388. The Bertz CT molecular complexity index is 577. The molecule has 0 saturated heterocycles. The fourth-order valence-corrected chi connectivity index (χ4v) is 2.61. The maximum absolute atomic E-state index is 12.6. The summed E-state index contributed by atoms with van der Waals surface area (Å²) >= 11 is 2.59. The van der Waals surface area contributed by atoms with Crippen molar-refractivity contribution < 1.29 is 22.1 Å². The Balaban J connectivity index is 3.82. The van der Waals surface area contributed by atoms with Crippen LogP contribution in [-0.4, -0.2) is 18.3 Å². The zero-order chi connectivity index (χ0) is 13.4. The molecule has 0 saturated carbocycles. The molecule has 1 rings (SSSR count). The second kappa shape index (κ2) is 4.58. The van der Waals surface area contributed by atoms with E-state index in [0.29, 0.717) is 6.20 Å². The maximum atomic E-state index is 12.6. The molecule has 94 valence electrons. The molecule has 0 aromatic carbocycles. The molecular weight excluding hydrogens is 328 g/mol. The first-order valence-corrected chi connectivity index (χ1v) is 6.14. The van der Waals surface area contributed by atoms with Crippen LogP contribution in [0.4, 0.5) is 14.5 Å². The second-order valence-electron chi connectivity index (χ2n) is 2.78. The lowest BCUT2D eigenvalue weighted by Crippen LogP contribution is -2.18. The topological polar surface area (TPSA) is 116 Å². The zero-order valence-corrected chi connectivity index (χ0v) is 10.2. The molecule has 0 atom stereocenters. The quantitative estimate of drug-likeness (QED) is 0.509. The number of nitrogens with two attached hydrogens (primary N) is 1. The Morgan fingerprint density at radius 1 is 1.53 bits per heavy atom. The van der Waals surface area contributed by atoms with E-state index in [2.05, 4.69) is 26.1 Å². The Labute approximate surface area is 102 Å². The van der Waals surface area contributed by atoms with Gasteiger partial charge in [-0.3, -0.25) is 10.1 Å². The number of pyridine rings is 1. The first kappa shape index (κ1) is 13.9. The molecule has 7 nitrogen and oxygen atoms in total. The minimum atomic E-state index is -4.67. The van der Waals surface area contributed by atoms with Crippen molar-refractivity contribution in [2.45, 2.75) is 11.3 Å². The third kappa shape index (κ3) is 2.73. The van der Waals surface area contributed by atoms with Crippen LogP contribution in [0.2, 0.25) is 0 Å². The van der Waals surface area contributed by atoms with E-state index in [1.807, 2.05) is 0 Å². The Morgan fingerprint density at radius 3 is 2.41 bits per heavy atom. The van der Waals surface area contributed by atoms with Gasteiger partial charge in [0.2, 0.25) is 10.0 Å². The molecule has 0 spiro atoms. The lowest BCUT2D eigenvalue weighted by atomic mass is 10.3. The Hall–Kier alpha value is -1.20. The van der Waals surface area contributed by atoms with E-state index in [1.165, 1.54) is 0 Å². The first-order chi connectivity index (χ1) is 7.66. The highest BCUT2D eigenvalue weighted by Crippen LogP contribution is 2.36. The molecule has 1 aromatic rings. The van der Waals surface area contributed by atoms with Crippen LogP contribution >= 0.6 is 15.9 Å². The summed E-state index contributed by atoms with van der Waals surface area (Å²) in [6.07, 6.45) is -2.74. The number of alkyl halides is 2. The van der Waals surface area contributed by atoms with Crippen molar-refractivity contribution in [2.75, 3.05) is 0 Å². The van der Waals surface area contributed by atoms with Crippen molar-refractivity contribution >= 4 is 31.6 Å². The number of nitrogens with zero attached hydrogens (tertiary/aromatic N) is 2. The van der Waals surface area contributed by atoms with Crippen LogP contribution in [0.5, 0.6) is 0 Å². The molecule has 0 fully saturated rings. The van der Waals surface area contributed by atoms with Gasteiger partial charge >= 0.3 is 5.69 Å². The van der Waals surface area contributed by atoms with Gasteiger partial charge in [-0.15, -0.1) is 0 Å². The Kier molecular flexibility index (Phi) is 3.74. The third-order valence-electron chi connectivity index (χ3n) is 1.70. The molecule has 0 amide bonds. The van der Waals surface area contributed by atoms with Crippen molar-refractivity contribution in [3.63, 3.8) is 0 Å². The summed E-state index contributed by atoms with van der Waals surface area (Å²) in [7, 11) is -4.67. The smallest absolute Gasteiger partial charge is 0.258 e. The summed E-state index contributed by atoms with van der Waals surface area (Å²) in [5.74, 6) is 0. The summed E-state index contributed by atoms with van der Waals surface area (Å²) < 4.78 is 47.0. The number of nitro groups is 1. The number of aromatic nitrogens is 1. The lowest BCUT2D eigenvalue weighted by Gasteiger charge is -2.08. The van der Waals surface area contributed by atoms with E-state index < -0.39 is 42.1 Å². The molecule has 0 radical (unpaired) electrons. The van der Waals surface area contributed by atoms with Crippen LogP contribution in [0, 0.1) is 10.1 Å². The van der Waals surface area contributed by atoms with Crippen LogP contribution in [0.25, 0.3) is 0 Å². The van der Waals surface area contributed by atoms with E-state index in [1.54, 1.807) is 0 Å². The molecule has 1 aromatic heterocycles. The Morgan fingerprint density at radius 2 is 2.06 bits per heavy atom. The average molecular weight is 332 g/mol. The van der Waals surface area contributed by atoms with E-state index in [-0.39, 0.29) is 0 Å². The van der Waals surface area contributed by atoms with Gasteiger partial charge in [-0.1, -0.05) is 0 Å². The summed E-state index contributed by atoms with van der Waals surface area (Å²) in [5.41, 5.74) is -2.22. The fourth-order valence-electron chi connectivity index (χ4n) is 1.10. The molecule has 11 heteroatoms. The van der Waals surface area contributed by atoms with Gasteiger partial charge in [0, 0.05) is 0 Å².